The van der Waals surface area contributed by atoms with Gasteiger partial charge in [-0.15, -0.1) is 0 Å². The molecule has 2 aliphatic rings. The van der Waals surface area contributed by atoms with Gasteiger partial charge < -0.3 is 9.88 Å². The smallest absolute Gasteiger partial charge is 0.256 e. The first-order chi connectivity index (χ1) is 12.1. The van der Waals surface area contributed by atoms with Gasteiger partial charge in [-0.2, -0.15) is 0 Å². The molecule has 5 rings (SSSR count). The van der Waals surface area contributed by atoms with Crippen LogP contribution in [0.25, 0.3) is 10.9 Å². The maximum absolute atomic E-state index is 13.1. The second-order valence-corrected chi connectivity index (χ2v) is 7.13. The molecule has 3 heterocycles. The maximum atomic E-state index is 13.1. The van der Waals surface area contributed by atoms with Crippen molar-refractivity contribution in [3.8, 4) is 0 Å². The van der Waals surface area contributed by atoms with Crippen LogP contribution in [-0.4, -0.2) is 26.9 Å². The Morgan fingerprint density at radius 3 is 2.68 bits per heavy atom. The van der Waals surface area contributed by atoms with Crippen LogP contribution in [0.1, 0.15) is 16.8 Å². The average Bonchev–Trinajstić information content (AvgIpc) is 3.10. The molecular weight excluding hydrogens is 330 g/mol. The Bertz CT molecular complexity index is 1020. The van der Waals surface area contributed by atoms with Gasteiger partial charge in [0.2, 0.25) is 0 Å². The highest BCUT2D eigenvalue weighted by molar-refractivity contribution is 7.80. The highest BCUT2D eigenvalue weighted by atomic mass is 32.1. The highest BCUT2D eigenvalue weighted by Crippen LogP contribution is 2.36. The Labute approximate surface area is 151 Å². The van der Waals surface area contributed by atoms with Crippen LogP contribution in [0, 0.1) is 6.92 Å². The van der Waals surface area contributed by atoms with Crippen molar-refractivity contribution < 1.29 is 4.79 Å². The number of aromatic nitrogens is 1. The van der Waals surface area contributed by atoms with Crippen LogP contribution in [-0.2, 0) is 17.8 Å². The van der Waals surface area contributed by atoms with E-state index >= 15 is 0 Å². The van der Waals surface area contributed by atoms with Crippen LogP contribution in [0.15, 0.2) is 48.5 Å². The molecule has 2 aromatic carbocycles. The quantitative estimate of drug-likeness (QED) is 0.685. The number of nitrogens with one attached hydrogen (secondary N) is 1. The average molecular weight is 347 g/mol. The number of hydrogen-bond acceptors (Lipinski definition) is 2. The van der Waals surface area contributed by atoms with Gasteiger partial charge in [0.25, 0.3) is 5.91 Å². The number of aromatic amines is 1. The van der Waals surface area contributed by atoms with Crippen LogP contribution in [0.4, 0.5) is 5.69 Å². The molecule has 0 unspecified atom stereocenters. The number of nitrogens with zero attached hydrogens (tertiary/aromatic N) is 2. The summed E-state index contributed by atoms with van der Waals surface area (Å²) in [5.74, 6) is 0.0739. The van der Waals surface area contributed by atoms with E-state index in [0.29, 0.717) is 18.1 Å². The number of rotatable bonds is 1. The van der Waals surface area contributed by atoms with Crippen molar-refractivity contribution in [1.82, 2.24) is 9.88 Å². The second kappa shape index (κ2) is 5.17. The van der Waals surface area contributed by atoms with E-state index in [2.05, 4.69) is 22.0 Å². The van der Waals surface area contributed by atoms with Gasteiger partial charge in [-0.25, -0.2) is 0 Å². The molecule has 1 saturated heterocycles. The summed E-state index contributed by atoms with van der Waals surface area (Å²) in [6, 6.07) is 16.0. The first-order valence-corrected chi connectivity index (χ1v) is 8.84. The molecular formula is C20H17N3OS. The maximum Gasteiger partial charge on any atom is 0.256 e. The van der Waals surface area contributed by atoms with Crippen molar-refractivity contribution in [2.75, 3.05) is 4.90 Å². The fraction of sp³-hybridized carbons (Fsp3) is 0.200. The third kappa shape index (κ3) is 2.05. The van der Waals surface area contributed by atoms with E-state index in [4.69, 9.17) is 12.2 Å². The Balaban J connectivity index is 1.55. The second-order valence-electron chi connectivity index (χ2n) is 6.77. The first kappa shape index (κ1) is 14.7. The Morgan fingerprint density at radius 2 is 1.88 bits per heavy atom. The Morgan fingerprint density at radius 1 is 1.12 bits per heavy atom. The Hall–Kier alpha value is -2.66. The number of carbonyl (C=O) groups excluding carboxylic acids is 1. The molecule has 0 aliphatic carbocycles. The van der Waals surface area contributed by atoms with Crippen LogP contribution >= 0.6 is 12.2 Å². The van der Waals surface area contributed by atoms with Crippen LogP contribution in [0.2, 0.25) is 0 Å². The summed E-state index contributed by atoms with van der Waals surface area (Å²) in [4.78, 5) is 20.3. The molecule has 1 atom stereocenters. The van der Waals surface area contributed by atoms with E-state index in [1.807, 2.05) is 43.3 Å². The molecule has 1 N–H and O–H groups in total. The van der Waals surface area contributed by atoms with Crippen molar-refractivity contribution in [3.05, 3.63) is 65.4 Å². The fourth-order valence-electron chi connectivity index (χ4n) is 3.93. The van der Waals surface area contributed by atoms with Crippen LogP contribution in [0.3, 0.4) is 0 Å². The zero-order valence-electron chi connectivity index (χ0n) is 13.8. The molecule has 1 aromatic heterocycles. The van der Waals surface area contributed by atoms with E-state index in [9.17, 15) is 4.79 Å². The molecule has 124 valence electrons. The molecule has 0 radical (unpaired) electrons. The Kier molecular flexibility index (Phi) is 3.03. The van der Waals surface area contributed by atoms with Gasteiger partial charge in [0.1, 0.15) is 6.04 Å². The molecule has 0 saturated carbocycles. The minimum Gasteiger partial charge on any atom is -0.357 e. The lowest BCUT2D eigenvalue weighted by atomic mass is 9.97. The summed E-state index contributed by atoms with van der Waals surface area (Å²) in [7, 11) is 0. The molecule has 1 amide bonds. The third-order valence-electron chi connectivity index (χ3n) is 5.24. The number of thiocarbonyl (C=S) groups is 1. The summed E-state index contributed by atoms with van der Waals surface area (Å²) in [5, 5.41) is 1.81. The minimum absolute atomic E-state index is 0.0739. The molecule has 0 spiro atoms. The lowest BCUT2D eigenvalue weighted by Crippen LogP contribution is -2.39. The third-order valence-corrected chi connectivity index (χ3v) is 5.66. The first-order valence-electron chi connectivity index (χ1n) is 8.43. The minimum atomic E-state index is -0.208. The lowest BCUT2D eigenvalue weighted by Gasteiger charge is -2.28. The van der Waals surface area contributed by atoms with Crippen molar-refractivity contribution in [3.63, 3.8) is 0 Å². The van der Waals surface area contributed by atoms with E-state index in [0.717, 1.165) is 11.2 Å². The zero-order valence-corrected chi connectivity index (χ0v) is 14.6. The predicted molar refractivity (Wildman–Crippen MR) is 103 cm³/mol. The summed E-state index contributed by atoms with van der Waals surface area (Å²) in [6.45, 7) is 2.69. The molecule has 1 fully saturated rings. The number of benzene rings is 2. The molecule has 25 heavy (non-hydrogen) atoms. The number of aryl methyl sites for hydroxylation is 1. The van der Waals surface area contributed by atoms with E-state index in [1.165, 1.54) is 22.2 Å². The van der Waals surface area contributed by atoms with Crippen molar-refractivity contribution >= 4 is 39.8 Å². The molecule has 5 heteroatoms. The van der Waals surface area contributed by atoms with Gasteiger partial charge in [-0.05, 0) is 42.9 Å². The van der Waals surface area contributed by atoms with E-state index in [-0.39, 0.29) is 11.9 Å². The molecule has 2 aliphatic heterocycles. The molecule has 4 nitrogen and oxygen atoms in total. The van der Waals surface area contributed by atoms with Crippen molar-refractivity contribution in [1.29, 1.82) is 0 Å². The van der Waals surface area contributed by atoms with Crippen molar-refractivity contribution in [2.45, 2.75) is 25.9 Å². The summed E-state index contributed by atoms with van der Waals surface area (Å²) < 4.78 is 0. The van der Waals surface area contributed by atoms with E-state index < -0.39 is 0 Å². The van der Waals surface area contributed by atoms with E-state index in [1.54, 1.807) is 4.90 Å². The lowest BCUT2D eigenvalue weighted by molar-refractivity contribution is -0.119. The summed E-state index contributed by atoms with van der Waals surface area (Å²) >= 11 is 5.66. The monoisotopic (exact) mass is 347 g/mol. The molecule has 3 aromatic rings. The largest absolute Gasteiger partial charge is 0.357 e. The van der Waals surface area contributed by atoms with Crippen LogP contribution < -0.4 is 4.90 Å². The fourth-order valence-corrected chi connectivity index (χ4v) is 4.32. The van der Waals surface area contributed by atoms with Gasteiger partial charge in [0.15, 0.2) is 5.11 Å². The number of H-pyrrole nitrogens is 1. The predicted octanol–water partition coefficient (Wildman–Crippen LogP) is 3.53. The standard InChI is InChI=1S/C20H17N3OS/c1-12-6-8-13(9-7-12)23-19(24)18-10-15-14-4-2-3-5-16(14)21-17(15)11-22(18)20(23)25/h2-9,18,21H,10-11H2,1H3/t18-/m0/s1. The van der Waals surface area contributed by atoms with Gasteiger partial charge in [0.05, 0.1) is 12.2 Å². The summed E-state index contributed by atoms with van der Waals surface area (Å²) in [5.41, 5.74) is 5.56. The number of carbonyl (C=O) groups is 1. The van der Waals surface area contributed by atoms with Crippen LogP contribution in [0.5, 0.6) is 0 Å². The zero-order chi connectivity index (χ0) is 17.1. The number of hydrogen-bond donors (Lipinski definition) is 1. The SMILES string of the molecule is Cc1ccc(N2C(=O)[C@@H]3Cc4c([nH]c5ccccc45)CN3C2=S)cc1. The summed E-state index contributed by atoms with van der Waals surface area (Å²) in [6.07, 6.45) is 0.695. The van der Waals surface area contributed by atoms with Gasteiger partial charge in [0, 0.05) is 23.0 Å². The molecule has 0 bridgehead atoms. The normalized spacial score (nSPS) is 19.5. The highest BCUT2D eigenvalue weighted by Gasteiger charge is 2.46. The van der Waals surface area contributed by atoms with Crippen molar-refractivity contribution in [2.24, 2.45) is 0 Å². The number of fused-ring (bicyclic) bond motifs is 4. The number of para-hydroxylation sites is 1. The van der Waals surface area contributed by atoms with Gasteiger partial charge in [-0.1, -0.05) is 35.9 Å². The topological polar surface area (TPSA) is 39.3 Å². The number of anilines is 1. The van der Waals surface area contributed by atoms with Gasteiger partial charge in [-0.3, -0.25) is 9.69 Å². The van der Waals surface area contributed by atoms with Gasteiger partial charge >= 0.3 is 0 Å². The number of amides is 1.